The number of hydrogen-bond donors (Lipinski definition) is 1. The highest BCUT2D eigenvalue weighted by Crippen LogP contribution is 2.37. The van der Waals surface area contributed by atoms with E-state index in [0.29, 0.717) is 21.7 Å². The summed E-state index contributed by atoms with van der Waals surface area (Å²) in [6.45, 7) is 1.53. The predicted octanol–water partition coefficient (Wildman–Crippen LogP) is 4.52. The van der Waals surface area contributed by atoms with E-state index < -0.39 is 24.5 Å². The lowest BCUT2D eigenvalue weighted by molar-refractivity contribution is -0.119. The number of amides is 1. The molecule has 168 valence electrons. The van der Waals surface area contributed by atoms with Gasteiger partial charge >= 0.3 is 11.9 Å². The molecule has 3 aromatic rings. The van der Waals surface area contributed by atoms with Crippen LogP contribution >= 0.6 is 11.3 Å². The van der Waals surface area contributed by atoms with Crippen LogP contribution < -0.4 is 5.32 Å². The van der Waals surface area contributed by atoms with E-state index in [-0.39, 0.29) is 12.2 Å². The number of benzene rings is 1. The Kier molecular flexibility index (Phi) is 6.84. The van der Waals surface area contributed by atoms with E-state index in [0.717, 1.165) is 49.0 Å². The lowest BCUT2D eigenvalue weighted by Crippen LogP contribution is -2.22. The molecule has 1 aromatic carbocycles. The molecule has 0 aliphatic heterocycles. The number of aromatic nitrogens is 1. The average molecular weight is 457 g/mol. The highest BCUT2D eigenvalue weighted by molar-refractivity contribution is 7.17. The average Bonchev–Trinajstić information content (AvgIpc) is 3.36. The number of nitrogens with one attached hydrogen (secondary N) is 1. The number of carbonyl (C=O) groups excluding carboxylic acids is 3. The van der Waals surface area contributed by atoms with Crippen molar-refractivity contribution >= 4 is 45.3 Å². The zero-order chi connectivity index (χ0) is 22.5. The first-order valence-corrected chi connectivity index (χ1v) is 11.5. The van der Waals surface area contributed by atoms with E-state index in [4.69, 9.17) is 13.9 Å². The number of aryl methyl sites for hydroxylation is 1. The molecule has 0 spiro atoms. The van der Waals surface area contributed by atoms with Crippen LogP contribution in [0, 0.1) is 0 Å². The van der Waals surface area contributed by atoms with Gasteiger partial charge in [-0.05, 0) is 56.4 Å². The molecule has 2 aromatic heterocycles. The van der Waals surface area contributed by atoms with Gasteiger partial charge in [0.1, 0.15) is 10.5 Å². The molecule has 0 radical (unpaired) electrons. The van der Waals surface area contributed by atoms with E-state index in [1.165, 1.54) is 23.8 Å². The molecule has 8 nitrogen and oxygen atoms in total. The third kappa shape index (κ3) is 4.83. The molecule has 4 rings (SSSR count). The van der Waals surface area contributed by atoms with E-state index in [1.54, 1.807) is 19.1 Å². The molecule has 9 heteroatoms. The van der Waals surface area contributed by atoms with Crippen LogP contribution in [0.25, 0.3) is 11.1 Å². The molecule has 1 amide bonds. The molecule has 0 atom stereocenters. The summed E-state index contributed by atoms with van der Waals surface area (Å²) >= 11 is 1.41. The summed E-state index contributed by atoms with van der Waals surface area (Å²) < 4.78 is 15.6. The molecule has 32 heavy (non-hydrogen) atoms. The van der Waals surface area contributed by atoms with Crippen molar-refractivity contribution in [2.24, 2.45) is 0 Å². The van der Waals surface area contributed by atoms with E-state index in [2.05, 4.69) is 10.3 Å². The van der Waals surface area contributed by atoms with Crippen molar-refractivity contribution in [1.82, 2.24) is 4.98 Å². The first-order valence-electron chi connectivity index (χ1n) is 10.7. The third-order valence-electron chi connectivity index (χ3n) is 5.30. The molecule has 0 fully saturated rings. The van der Waals surface area contributed by atoms with Gasteiger partial charge in [-0.2, -0.15) is 0 Å². The monoisotopic (exact) mass is 456 g/mol. The maximum atomic E-state index is 12.6. The van der Waals surface area contributed by atoms with Gasteiger partial charge in [0, 0.05) is 4.88 Å². The van der Waals surface area contributed by atoms with Gasteiger partial charge in [-0.1, -0.05) is 12.8 Å². The minimum atomic E-state index is -0.644. The predicted molar refractivity (Wildman–Crippen MR) is 119 cm³/mol. The quantitative estimate of drug-likeness (QED) is 0.543. The third-order valence-corrected chi connectivity index (χ3v) is 6.51. The van der Waals surface area contributed by atoms with Crippen molar-refractivity contribution in [3.05, 3.63) is 46.2 Å². The highest BCUT2D eigenvalue weighted by Gasteiger charge is 2.26. The number of anilines is 1. The van der Waals surface area contributed by atoms with Gasteiger partial charge in [0.15, 0.2) is 18.6 Å². The summed E-state index contributed by atoms with van der Waals surface area (Å²) in [5.41, 5.74) is 2.76. The first-order chi connectivity index (χ1) is 15.6. The van der Waals surface area contributed by atoms with Crippen molar-refractivity contribution in [2.45, 2.75) is 45.4 Å². The summed E-state index contributed by atoms with van der Waals surface area (Å²) in [5.74, 6) is -1.59. The number of hydrogen-bond acceptors (Lipinski definition) is 8. The van der Waals surface area contributed by atoms with Crippen molar-refractivity contribution in [3.8, 4) is 0 Å². The summed E-state index contributed by atoms with van der Waals surface area (Å²) in [5, 5.41) is 3.21. The normalized spacial score (nSPS) is 13.7. The Morgan fingerprint density at radius 3 is 2.72 bits per heavy atom. The number of fused-ring (bicyclic) bond motifs is 2. The number of rotatable bonds is 6. The second-order valence-electron chi connectivity index (χ2n) is 7.50. The maximum absolute atomic E-state index is 12.6. The van der Waals surface area contributed by atoms with Gasteiger partial charge in [0.2, 0.25) is 0 Å². The molecule has 1 aliphatic carbocycles. The number of carbonyl (C=O) groups is 3. The second-order valence-corrected chi connectivity index (χ2v) is 8.61. The second kappa shape index (κ2) is 9.95. The lowest BCUT2D eigenvalue weighted by atomic mass is 9.96. The molecular formula is C23H24N2O6S. The van der Waals surface area contributed by atoms with Gasteiger partial charge in [-0.3, -0.25) is 4.79 Å². The summed E-state index contributed by atoms with van der Waals surface area (Å²) in [6.07, 6.45) is 7.28. The Hall–Kier alpha value is -3.20. The SMILES string of the molecule is CCOC(=O)c1c(NC(=O)COC(=O)c2ccc3ocnc3c2)sc2c1CCCCCC2. The standard InChI is InChI=1S/C23H24N2O6S/c1-2-29-23(28)20-15-7-5-3-4-6-8-18(15)32-21(20)25-19(26)12-30-22(27)14-9-10-17-16(11-14)24-13-31-17/h9-11,13H,2-8,12H2,1H3,(H,25,26). The van der Waals surface area contributed by atoms with Gasteiger partial charge in [0.05, 0.1) is 17.7 Å². The molecule has 0 bridgehead atoms. The molecule has 1 N–H and O–H groups in total. The van der Waals surface area contributed by atoms with Crippen molar-refractivity contribution in [1.29, 1.82) is 0 Å². The van der Waals surface area contributed by atoms with Crippen LogP contribution in [0.3, 0.4) is 0 Å². The zero-order valence-electron chi connectivity index (χ0n) is 17.8. The minimum Gasteiger partial charge on any atom is -0.462 e. The number of thiophene rings is 1. The number of esters is 2. The van der Waals surface area contributed by atoms with Crippen LogP contribution in [0.5, 0.6) is 0 Å². The fourth-order valence-electron chi connectivity index (χ4n) is 3.79. The van der Waals surface area contributed by atoms with Gasteiger partial charge in [-0.25, -0.2) is 14.6 Å². The van der Waals surface area contributed by atoms with Crippen LogP contribution in [0.15, 0.2) is 29.0 Å². The number of oxazole rings is 1. The largest absolute Gasteiger partial charge is 0.462 e. The number of nitrogens with zero attached hydrogens (tertiary/aromatic N) is 1. The fourth-order valence-corrected chi connectivity index (χ4v) is 5.08. The van der Waals surface area contributed by atoms with E-state index >= 15 is 0 Å². The molecule has 0 saturated heterocycles. The van der Waals surface area contributed by atoms with Crippen LogP contribution in [0.1, 0.15) is 63.8 Å². The zero-order valence-corrected chi connectivity index (χ0v) is 18.6. The van der Waals surface area contributed by atoms with Gasteiger partial charge in [-0.15, -0.1) is 11.3 Å². The molecule has 2 heterocycles. The van der Waals surface area contributed by atoms with Crippen molar-refractivity contribution in [2.75, 3.05) is 18.5 Å². The first kappa shape index (κ1) is 22.0. The number of ether oxygens (including phenoxy) is 2. The fraction of sp³-hybridized carbons (Fsp3) is 0.391. The smallest absolute Gasteiger partial charge is 0.341 e. The maximum Gasteiger partial charge on any atom is 0.341 e. The summed E-state index contributed by atoms with van der Waals surface area (Å²) in [4.78, 5) is 42.6. The van der Waals surface area contributed by atoms with Gasteiger partial charge in [0.25, 0.3) is 5.91 Å². The Balaban J connectivity index is 1.46. The van der Waals surface area contributed by atoms with Crippen molar-refractivity contribution in [3.63, 3.8) is 0 Å². The van der Waals surface area contributed by atoms with E-state index in [1.807, 2.05) is 0 Å². The highest BCUT2D eigenvalue weighted by atomic mass is 32.1. The van der Waals surface area contributed by atoms with Crippen LogP contribution in [-0.2, 0) is 27.1 Å². The molecular weight excluding hydrogens is 432 g/mol. The Morgan fingerprint density at radius 1 is 1.09 bits per heavy atom. The summed E-state index contributed by atoms with van der Waals surface area (Å²) in [7, 11) is 0. The lowest BCUT2D eigenvalue weighted by Gasteiger charge is -2.11. The minimum absolute atomic E-state index is 0.254. The van der Waals surface area contributed by atoms with Crippen LogP contribution in [0.2, 0.25) is 0 Å². The Labute approximate surface area is 188 Å². The Morgan fingerprint density at radius 2 is 1.91 bits per heavy atom. The van der Waals surface area contributed by atoms with Gasteiger partial charge < -0.3 is 19.2 Å². The van der Waals surface area contributed by atoms with Crippen molar-refractivity contribution < 1.29 is 28.3 Å². The molecule has 0 saturated carbocycles. The topological polar surface area (TPSA) is 108 Å². The van der Waals surface area contributed by atoms with Crippen LogP contribution in [-0.4, -0.2) is 36.0 Å². The van der Waals surface area contributed by atoms with Crippen LogP contribution in [0.4, 0.5) is 5.00 Å². The molecule has 1 aliphatic rings. The van der Waals surface area contributed by atoms with E-state index in [9.17, 15) is 14.4 Å². The molecule has 0 unspecified atom stereocenters. The summed E-state index contributed by atoms with van der Waals surface area (Å²) in [6, 6.07) is 4.70. The Bertz CT molecular complexity index is 1150.